The minimum atomic E-state index is -0.584. The molecule has 216 valence electrons. The number of nitrogens with zero attached hydrogens (tertiary/aromatic N) is 3. The van der Waals surface area contributed by atoms with E-state index in [1.807, 2.05) is 73.7 Å². The molecule has 9 heteroatoms. The first-order valence-electron chi connectivity index (χ1n) is 14.3. The standard InChI is InChI=1S/C33H33BrN4O3S/c1-22-29(31(39)41-26-15-9-4-10-16-26)30(27-19-25(34)17-18-28(27)40-20-23-11-5-2-6-12-23)38-32(35-22)36-33(37-38)42-21-24-13-7-3-8-14-24/h2-3,5-8,11-14,17-19,26,30H,4,9-10,15-16,20-21H2,1H3,(H,35,36,37). The Morgan fingerprint density at radius 2 is 1.71 bits per heavy atom. The van der Waals surface area contributed by atoms with Gasteiger partial charge >= 0.3 is 5.97 Å². The van der Waals surface area contributed by atoms with E-state index in [0.29, 0.717) is 34.7 Å². The predicted molar refractivity (Wildman–Crippen MR) is 168 cm³/mol. The molecule has 0 bridgehead atoms. The molecule has 1 aromatic heterocycles. The van der Waals surface area contributed by atoms with Crippen LogP contribution in [0.1, 0.15) is 61.8 Å². The smallest absolute Gasteiger partial charge is 0.338 e. The second-order valence-electron chi connectivity index (χ2n) is 10.6. The van der Waals surface area contributed by atoms with Gasteiger partial charge in [0.1, 0.15) is 24.5 Å². The lowest BCUT2D eigenvalue weighted by atomic mass is 9.94. The molecule has 3 aromatic carbocycles. The molecular weight excluding hydrogens is 612 g/mol. The zero-order valence-electron chi connectivity index (χ0n) is 23.5. The van der Waals surface area contributed by atoms with Crippen LogP contribution in [-0.2, 0) is 21.9 Å². The first-order chi connectivity index (χ1) is 20.5. The third-order valence-corrected chi connectivity index (χ3v) is 9.00. The highest BCUT2D eigenvalue weighted by atomic mass is 79.9. The topological polar surface area (TPSA) is 78.3 Å². The molecule has 2 aliphatic rings. The summed E-state index contributed by atoms with van der Waals surface area (Å²) in [5.41, 5.74) is 4.27. The number of halogens is 1. The van der Waals surface area contributed by atoms with Crippen LogP contribution < -0.4 is 10.1 Å². The molecule has 0 saturated heterocycles. The number of carbonyl (C=O) groups is 1. The molecule has 0 spiro atoms. The summed E-state index contributed by atoms with van der Waals surface area (Å²) in [6.45, 7) is 2.30. The highest BCUT2D eigenvalue weighted by molar-refractivity contribution is 9.10. The van der Waals surface area contributed by atoms with Crippen molar-refractivity contribution in [3.8, 4) is 5.75 Å². The summed E-state index contributed by atoms with van der Waals surface area (Å²) in [6, 6.07) is 25.6. The Kier molecular flexibility index (Phi) is 8.95. The van der Waals surface area contributed by atoms with Gasteiger partial charge in [-0.15, -0.1) is 5.10 Å². The van der Waals surface area contributed by atoms with Gasteiger partial charge in [-0.05, 0) is 61.9 Å². The number of aromatic nitrogens is 3. The van der Waals surface area contributed by atoms with E-state index < -0.39 is 6.04 Å². The first kappa shape index (κ1) is 28.6. The number of allylic oxidation sites excluding steroid dienone is 1. The van der Waals surface area contributed by atoms with Crippen molar-refractivity contribution in [2.24, 2.45) is 0 Å². The Morgan fingerprint density at radius 3 is 2.45 bits per heavy atom. The number of hydrogen-bond donors (Lipinski definition) is 1. The number of ether oxygens (including phenoxy) is 2. The number of carbonyl (C=O) groups excluding carboxylic acids is 1. The Bertz CT molecular complexity index is 1570. The van der Waals surface area contributed by atoms with Crippen LogP contribution in [0.25, 0.3) is 0 Å². The molecule has 1 saturated carbocycles. The molecule has 1 aliphatic carbocycles. The fraction of sp³-hybridized carbons (Fsp3) is 0.303. The van der Waals surface area contributed by atoms with Crippen LogP contribution in [0.5, 0.6) is 5.75 Å². The maximum absolute atomic E-state index is 13.9. The maximum Gasteiger partial charge on any atom is 0.338 e. The van der Waals surface area contributed by atoms with E-state index in [0.717, 1.165) is 47.0 Å². The van der Waals surface area contributed by atoms with Crippen molar-refractivity contribution >= 4 is 39.6 Å². The van der Waals surface area contributed by atoms with Crippen LogP contribution in [0.4, 0.5) is 5.95 Å². The molecule has 1 unspecified atom stereocenters. The van der Waals surface area contributed by atoms with Gasteiger partial charge in [-0.1, -0.05) is 94.8 Å². The summed E-state index contributed by atoms with van der Waals surface area (Å²) in [5.74, 6) is 1.66. The summed E-state index contributed by atoms with van der Waals surface area (Å²) in [5, 5.41) is 8.89. The molecule has 1 aliphatic heterocycles. The fourth-order valence-corrected chi connectivity index (χ4v) is 6.63. The SMILES string of the molecule is CC1=C(C(=O)OC2CCCCC2)C(c2cc(Br)ccc2OCc2ccccc2)n2nc(SCc3ccccc3)nc2N1. The van der Waals surface area contributed by atoms with Crippen LogP contribution >= 0.6 is 27.7 Å². The van der Waals surface area contributed by atoms with Gasteiger partial charge in [0.05, 0.1) is 5.57 Å². The summed E-state index contributed by atoms with van der Waals surface area (Å²) in [6.07, 6.45) is 5.07. The van der Waals surface area contributed by atoms with Crippen molar-refractivity contribution in [3.05, 3.63) is 111 Å². The first-order valence-corrected chi connectivity index (χ1v) is 16.1. The third kappa shape index (κ3) is 6.57. The van der Waals surface area contributed by atoms with E-state index >= 15 is 0 Å². The van der Waals surface area contributed by atoms with Crippen LogP contribution in [0.15, 0.2) is 99.8 Å². The van der Waals surface area contributed by atoms with Crippen LogP contribution in [0, 0.1) is 0 Å². The predicted octanol–water partition coefficient (Wildman–Crippen LogP) is 8.08. The maximum atomic E-state index is 13.9. The minimum absolute atomic E-state index is 0.0716. The summed E-state index contributed by atoms with van der Waals surface area (Å²) < 4.78 is 15.2. The number of benzene rings is 3. The Labute approximate surface area is 258 Å². The highest BCUT2D eigenvalue weighted by Crippen LogP contribution is 2.42. The van der Waals surface area contributed by atoms with Crippen LogP contribution in [0.3, 0.4) is 0 Å². The molecule has 1 atom stereocenters. The highest BCUT2D eigenvalue weighted by Gasteiger charge is 2.38. The number of thioether (sulfide) groups is 1. The van der Waals surface area contributed by atoms with Gasteiger partial charge in [-0.3, -0.25) is 0 Å². The van der Waals surface area contributed by atoms with Gasteiger partial charge in [-0.2, -0.15) is 4.98 Å². The lowest BCUT2D eigenvalue weighted by Crippen LogP contribution is -2.32. The molecule has 2 heterocycles. The lowest BCUT2D eigenvalue weighted by Gasteiger charge is -2.31. The lowest BCUT2D eigenvalue weighted by molar-refractivity contribution is -0.146. The van der Waals surface area contributed by atoms with E-state index in [-0.39, 0.29) is 12.1 Å². The van der Waals surface area contributed by atoms with Gasteiger partial charge in [0.15, 0.2) is 0 Å². The summed E-state index contributed by atoms with van der Waals surface area (Å²) >= 11 is 5.21. The molecule has 0 radical (unpaired) electrons. The monoisotopic (exact) mass is 644 g/mol. The average Bonchev–Trinajstić information content (AvgIpc) is 3.42. The van der Waals surface area contributed by atoms with Crippen molar-refractivity contribution in [1.29, 1.82) is 0 Å². The van der Waals surface area contributed by atoms with Gasteiger partial charge in [-0.25, -0.2) is 9.48 Å². The largest absolute Gasteiger partial charge is 0.489 e. The van der Waals surface area contributed by atoms with Crippen molar-refractivity contribution in [1.82, 2.24) is 14.8 Å². The van der Waals surface area contributed by atoms with Gasteiger partial charge in [0.2, 0.25) is 11.1 Å². The number of hydrogen-bond acceptors (Lipinski definition) is 7. The minimum Gasteiger partial charge on any atom is -0.489 e. The van der Waals surface area contributed by atoms with Gasteiger partial charge < -0.3 is 14.8 Å². The van der Waals surface area contributed by atoms with E-state index in [9.17, 15) is 4.79 Å². The molecule has 7 nitrogen and oxygen atoms in total. The molecule has 4 aromatic rings. The summed E-state index contributed by atoms with van der Waals surface area (Å²) in [7, 11) is 0. The fourth-order valence-electron chi connectivity index (χ4n) is 5.46. The summed E-state index contributed by atoms with van der Waals surface area (Å²) in [4.78, 5) is 18.7. The molecular formula is C33H33BrN4O3S. The normalized spacial score (nSPS) is 17.0. The second kappa shape index (κ2) is 13.2. The molecule has 42 heavy (non-hydrogen) atoms. The number of fused-ring (bicyclic) bond motifs is 1. The van der Waals surface area contributed by atoms with Gasteiger partial charge in [0, 0.05) is 21.5 Å². The Hall–Kier alpha value is -3.56. The van der Waals surface area contributed by atoms with Crippen molar-refractivity contribution in [2.75, 3.05) is 5.32 Å². The molecule has 1 fully saturated rings. The van der Waals surface area contributed by atoms with Crippen molar-refractivity contribution < 1.29 is 14.3 Å². The number of nitrogens with one attached hydrogen (secondary N) is 1. The zero-order chi connectivity index (χ0) is 28.9. The van der Waals surface area contributed by atoms with E-state index in [1.165, 1.54) is 12.0 Å². The van der Waals surface area contributed by atoms with Crippen molar-refractivity contribution in [3.63, 3.8) is 0 Å². The number of rotatable bonds is 9. The Morgan fingerprint density at radius 1 is 1.00 bits per heavy atom. The van der Waals surface area contributed by atoms with Crippen LogP contribution in [-0.4, -0.2) is 26.8 Å². The second-order valence-corrected chi connectivity index (χ2v) is 12.5. The Balaban J connectivity index is 1.37. The number of anilines is 1. The van der Waals surface area contributed by atoms with E-state index in [2.05, 4.69) is 33.4 Å². The van der Waals surface area contributed by atoms with Gasteiger partial charge in [0.25, 0.3) is 0 Å². The molecule has 0 amide bonds. The third-order valence-electron chi connectivity index (χ3n) is 7.59. The molecule has 6 rings (SSSR count). The van der Waals surface area contributed by atoms with E-state index in [1.54, 1.807) is 16.4 Å². The van der Waals surface area contributed by atoms with Crippen molar-refractivity contribution in [2.45, 2.75) is 68.7 Å². The number of esters is 1. The average molecular weight is 646 g/mol. The quantitative estimate of drug-likeness (QED) is 0.146. The van der Waals surface area contributed by atoms with Crippen LogP contribution in [0.2, 0.25) is 0 Å². The molecule has 1 N–H and O–H groups in total. The van der Waals surface area contributed by atoms with E-state index in [4.69, 9.17) is 19.6 Å². The zero-order valence-corrected chi connectivity index (χ0v) is 25.9.